The van der Waals surface area contributed by atoms with Crippen molar-refractivity contribution in [3.8, 4) is 17.6 Å². The molecule has 2 amide bonds. The van der Waals surface area contributed by atoms with Crippen LogP contribution in [-0.2, 0) is 25.7 Å². The maximum Gasteiger partial charge on any atom is 0.416 e. The van der Waals surface area contributed by atoms with Crippen LogP contribution in [0.3, 0.4) is 0 Å². The number of nitrogens with zero attached hydrogens (tertiary/aromatic N) is 6. The summed E-state index contributed by atoms with van der Waals surface area (Å²) in [7, 11) is -4.70. The number of sulfonamides is 1. The number of aryl methyl sites for hydroxylation is 1. The smallest absolute Gasteiger partial charge is 0.416 e. The van der Waals surface area contributed by atoms with Crippen LogP contribution in [-0.4, -0.2) is 110 Å². The zero-order chi connectivity index (χ0) is 50.0. The highest BCUT2D eigenvalue weighted by atomic mass is 32.2. The van der Waals surface area contributed by atoms with Crippen molar-refractivity contribution < 1.29 is 45.6 Å². The van der Waals surface area contributed by atoms with Crippen LogP contribution in [0.5, 0.6) is 11.5 Å². The molecule has 3 aliphatic rings. The van der Waals surface area contributed by atoms with Gasteiger partial charge in [-0.15, -0.1) is 0 Å². The fraction of sp³-hybridized carbons (Fsp3) is 0.388. The quantitative estimate of drug-likeness (QED) is 0.0710. The summed E-state index contributed by atoms with van der Waals surface area (Å²) in [6.45, 7) is 9.95. The van der Waals surface area contributed by atoms with Crippen molar-refractivity contribution in [2.45, 2.75) is 63.6 Å². The number of H-pyrrole nitrogens is 1. The molecule has 2 fully saturated rings. The Labute approximate surface area is 402 Å². The minimum atomic E-state index is -4.70. The number of pyridine rings is 1. The number of aromatic nitrogens is 2. The Morgan fingerprint density at radius 3 is 2.57 bits per heavy atom. The van der Waals surface area contributed by atoms with E-state index < -0.39 is 49.3 Å². The topological polar surface area (TPSA) is 216 Å². The van der Waals surface area contributed by atoms with E-state index in [2.05, 4.69) is 38.9 Å². The van der Waals surface area contributed by atoms with Gasteiger partial charge in [0.2, 0.25) is 5.91 Å². The maximum atomic E-state index is 14.0. The lowest BCUT2D eigenvalue weighted by Gasteiger charge is -2.39. The molecule has 4 heterocycles. The van der Waals surface area contributed by atoms with Crippen molar-refractivity contribution in [2.24, 2.45) is 5.41 Å². The number of allylic oxidation sites excluding steroid dienone is 1. The standard InChI is InChI=1S/C49H52F3N9O8S/c1-31-22-34(49(50,51)52)4-7-39(31)41-26-48(2,3)13-10-33(41)29-58-16-18-59(19-17-58)35-5-8-40(44(24-35)69-36-23-32-12-15-54-46(32)56-27-36)47(63)57-70(66,67)38-6-9-42(43(25-38)61(64)65)55-28-37-30-60(20-21-68-37)45(62)11-14-53/h4-9,12,15,22-25,27,37,55H,10-11,13,16-21,26,28-30H2,1-3H3,(H,54,56)(H,57,63). The predicted molar refractivity (Wildman–Crippen MR) is 255 cm³/mol. The second-order valence-electron chi connectivity index (χ2n) is 18.5. The third-order valence-electron chi connectivity index (χ3n) is 13.0. The molecule has 0 bridgehead atoms. The number of carbonyl (C=O) groups is 2. The summed E-state index contributed by atoms with van der Waals surface area (Å²) in [5.41, 5.74) is 3.65. The first kappa shape index (κ1) is 49.4. The summed E-state index contributed by atoms with van der Waals surface area (Å²) in [5, 5.41) is 24.7. The van der Waals surface area contributed by atoms with Gasteiger partial charge in [0, 0.05) is 81.8 Å². The minimum Gasteiger partial charge on any atom is -0.455 e. The van der Waals surface area contributed by atoms with Gasteiger partial charge in [0.15, 0.2) is 0 Å². The molecule has 8 rings (SSSR count). The van der Waals surface area contributed by atoms with E-state index in [9.17, 15) is 41.3 Å². The number of aromatic amines is 1. The van der Waals surface area contributed by atoms with Gasteiger partial charge in [0.1, 0.15) is 29.3 Å². The number of amides is 2. The number of nitriles is 1. The highest BCUT2D eigenvalue weighted by Crippen LogP contribution is 2.45. The number of piperazine rings is 1. The number of alkyl halides is 3. The molecular formula is C49H52F3N9O8S. The van der Waals surface area contributed by atoms with Crippen LogP contribution in [0.4, 0.5) is 30.2 Å². The zero-order valence-electron chi connectivity index (χ0n) is 38.8. The number of benzene rings is 3. The molecule has 70 heavy (non-hydrogen) atoms. The van der Waals surface area contributed by atoms with Crippen LogP contribution >= 0.6 is 0 Å². The average molecular weight is 984 g/mol. The lowest BCUT2D eigenvalue weighted by atomic mass is 9.72. The summed E-state index contributed by atoms with van der Waals surface area (Å²) < 4.78 is 82.3. The number of nitro groups is 1. The van der Waals surface area contributed by atoms with E-state index in [4.69, 9.17) is 14.7 Å². The lowest BCUT2D eigenvalue weighted by Crippen LogP contribution is -2.47. The van der Waals surface area contributed by atoms with Gasteiger partial charge < -0.3 is 29.6 Å². The summed E-state index contributed by atoms with van der Waals surface area (Å²) in [5.74, 6) is -1.12. The summed E-state index contributed by atoms with van der Waals surface area (Å²) in [6.07, 6.45) is 0.434. The van der Waals surface area contributed by atoms with Crippen LogP contribution in [0.25, 0.3) is 16.6 Å². The molecule has 1 unspecified atom stereocenters. The number of carbonyl (C=O) groups excluding carboxylic acids is 2. The first-order chi connectivity index (χ1) is 33.3. The number of fused-ring (bicyclic) bond motifs is 1. The second-order valence-corrected chi connectivity index (χ2v) is 20.2. The van der Waals surface area contributed by atoms with Gasteiger partial charge in [-0.3, -0.25) is 24.6 Å². The molecule has 368 valence electrons. The molecule has 3 aromatic carbocycles. The van der Waals surface area contributed by atoms with Crippen molar-refractivity contribution in [3.05, 3.63) is 117 Å². The Morgan fingerprint density at radius 2 is 1.84 bits per heavy atom. The van der Waals surface area contributed by atoms with Crippen LogP contribution in [0.2, 0.25) is 0 Å². The van der Waals surface area contributed by atoms with Crippen LogP contribution < -0.4 is 19.7 Å². The van der Waals surface area contributed by atoms with Gasteiger partial charge in [0.05, 0.1) is 45.9 Å². The number of rotatable bonds is 14. The molecule has 2 saturated heterocycles. The van der Waals surface area contributed by atoms with Crippen molar-refractivity contribution in [3.63, 3.8) is 0 Å². The number of ether oxygens (including phenoxy) is 2. The Hall–Kier alpha value is -7.02. The summed E-state index contributed by atoms with van der Waals surface area (Å²) in [6, 6.07) is 17.3. The molecule has 0 spiro atoms. The number of nitro benzene ring substituents is 1. The van der Waals surface area contributed by atoms with E-state index in [0.29, 0.717) is 56.2 Å². The summed E-state index contributed by atoms with van der Waals surface area (Å²) >= 11 is 0. The number of hydrogen-bond donors (Lipinski definition) is 3. The van der Waals surface area contributed by atoms with Crippen molar-refractivity contribution in [1.29, 1.82) is 5.26 Å². The fourth-order valence-corrected chi connectivity index (χ4v) is 10.2. The molecule has 0 radical (unpaired) electrons. The molecule has 0 saturated carbocycles. The molecule has 5 aromatic rings. The van der Waals surface area contributed by atoms with Crippen LogP contribution in [0.15, 0.2) is 89.6 Å². The predicted octanol–water partition coefficient (Wildman–Crippen LogP) is 8.05. The van der Waals surface area contributed by atoms with E-state index in [1.54, 1.807) is 43.5 Å². The molecule has 1 aliphatic carbocycles. The first-order valence-corrected chi connectivity index (χ1v) is 24.2. The largest absolute Gasteiger partial charge is 0.455 e. The van der Waals surface area contributed by atoms with Crippen LogP contribution in [0, 0.1) is 33.8 Å². The minimum absolute atomic E-state index is 0.00578. The Bertz CT molecular complexity index is 3020. The van der Waals surface area contributed by atoms with E-state index in [0.717, 1.165) is 54.0 Å². The van der Waals surface area contributed by atoms with E-state index in [1.165, 1.54) is 34.9 Å². The fourth-order valence-electron chi connectivity index (χ4n) is 9.17. The van der Waals surface area contributed by atoms with Gasteiger partial charge in [-0.25, -0.2) is 18.1 Å². The van der Waals surface area contributed by atoms with E-state index >= 15 is 0 Å². The summed E-state index contributed by atoms with van der Waals surface area (Å²) in [4.78, 5) is 50.4. The van der Waals surface area contributed by atoms with E-state index in [1.807, 2.05) is 10.8 Å². The third-order valence-corrected chi connectivity index (χ3v) is 14.3. The molecule has 3 N–H and O–H groups in total. The molecule has 2 aromatic heterocycles. The SMILES string of the molecule is Cc1cc(C(F)(F)F)ccc1C1=C(CN2CCN(c3ccc(C(=O)NS(=O)(=O)c4ccc(NCC5CN(C(=O)CC#N)CCO5)c([N+](=O)[O-])c4)c(Oc4cnc5[nH]ccc5c4)c3)CC2)CCC(C)(C)C1. The van der Waals surface area contributed by atoms with Gasteiger partial charge in [-0.1, -0.05) is 25.5 Å². The van der Waals surface area contributed by atoms with Gasteiger partial charge in [0.25, 0.3) is 21.6 Å². The Balaban J connectivity index is 0.989. The van der Waals surface area contributed by atoms with Crippen molar-refractivity contribution in [1.82, 2.24) is 24.5 Å². The highest BCUT2D eigenvalue weighted by Gasteiger charge is 2.34. The van der Waals surface area contributed by atoms with E-state index in [-0.39, 0.29) is 60.2 Å². The second kappa shape index (κ2) is 20.1. The molecule has 1 atom stereocenters. The van der Waals surface area contributed by atoms with Gasteiger partial charge >= 0.3 is 6.18 Å². The first-order valence-electron chi connectivity index (χ1n) is 22.7. The average Bonchev–Trinajstić information content (AvgIpc) is 3.79. The third kappa shape index (κ3) is 11.4. The highest BCUT2D eigenvalue weighted by molar-refractivity contribution is 7.90. The number of nitrogens with one attached hydrogen (secondary N) is 3. The van der Waals surface area contributed by atoms with Crippen LogP contribution in [0.1, 0.15) is 66.6 Å². The van der Waals surface area contributed by atoms with Crippen molar-refractivity contribution in [2.75, 3.05) is 69.2 Å². The number of hydrogen-bond acceptors (Lipinski definition) is 13. The molecule has 21 heteroatoms. The molecule has 2 aliphatic heterocycles. The van der Waals surface area contributed by atoms with Gasteiger partial charge in [-0.2, -0.15) is 18.4 Å². The van der Waals surface area contributed by atoms with Gasteiger partial charge in [-0.05, 0) is 96.8 Å². The van der Waals surface area contributed by atoms with Crippen molar-refractivity contribution >= 4 is 55.5 Å². The maximum absolute atomic E-state index is 14.0. The molecular weight excluding hydrogens is 932 g/mol. The normalized spacial score (nSPS) is 17.8. The number of halogens is 3. The Kier molecular flexibility index (Phi) is 14.2. The number of morpholine rings is 1. The Morgan fingerprint density at radius 1 is 1.06 bits per heavy atom. The lowest BCUT2D eigenvalue weighted by molar-refractivity contribution is -0.384. The number of anilines is 2. The monoisotopic (exact) mass is 983 g/mol. The zero-order valence-corrected chi connectivity index (χ0v) is 39.6. The molecule has 17 nitrogen and oxygen atoms in total.